The molecular weight excluding hydrogens is 376 g/mol. The standard InChI is InChI=1S/C18H15ClN2O4S/c1-24-17(22)10-13(11-4-6-12(19)7-5-11)20-18(23)14-9-15(25-21-14)16-3-2-8-26-16/h2-9,13H,10H2,1H3,(H,20,23). The largest absolute Gasteiger partial charge is 0.469 e. The Labute approximate surface area is 158 Å². The van der Waals surface area contributed by atoms with Crippen LogP contribution in [0.4, 0.5) is 0 Å². The number of ether oxygens (including phenoxy) is 1. The molecule has 6 nitrogen and oxygen atoms in total. The fraction of sp³-hybridized carbons (Fsp3) is 0.167. The number of carbonyl (C=O) groups is 2. The average Bonchev–Trinajstić information content (AvgIpc) is 3.33. The highest BCUT2D eigenvalue weighted by Gasteiger charge is 2.22. The fourth-order valence-electron chi connectivity index (χ4n) is 2.35. The van der Waals surface area contributed by atoms with Crippen LogP contribution in [0, 0.1) is 0 Å². The van der Waals surface area contributed by atoms with Crippen molar-refractivity contribution in [3.05, 3.63) is 64.1 Å². The third-order valence-corrected chi connectivity index (χ3v) is 4.82. The second-order valence-corrected chi connectivity index (χ2v) is 6.80. The van der Waals surface area contributed by atoms with Gasteiger partial charge in [0.15, 0.2) is 11.5 Å². The highest BCUT2D eigenvalue weighted by atomic mass is 35.5. The van der Waals surface area contributed by atoms with Crippen molar-refractivity contribution < 1.29 is 18.8 Å². The zero-order valence-electron chi connectivity index (χ0n) is 13.8. The molecule has 134 valence electrons. The number of carbonyl (C=O) groups excluding carboxylic acids is 2. The van der Waals surface area contributed by atoms with Crippen molar-refractivity contribution in [1.29, 1.82) is 0 Å². The summed E-state index contributed by atoms with van der Waals surface area (Å²) in [7, 11) is 1.30. The molecule has 0 bridgehead atoms. The Morgan fingerprint density at radius 2 is 2.08 bits per heavy atom. The minimum absolute atomic E-state index is 0.0144. The van der Waals surface area contributed by atoms with E-state index in [2.05, 4.69) is 10.5 Å². The second kappa shape index (κ2) is 8.16. The molecule has 0 saturated carbocycles. The first-order chi connectivity index (χ1) is 12.6. The molecule has 1 N–H and O–H groups in total. The van der Waals surface area contributed by atoms with Crippen molar-refractivity contribution >= 4 is 34.8 Å². The van der Waals surface area contributed by atoms with E-state index in [0.29, 0.717) is 10.8 Å². The Kier molecular flexibility index (Phi) is 5.70. The van der Waals surface area contributed by atoms with Crippen LogP contribution in [0.25, 0.3) is 10.6 Å². The maximum Gasteiger partial charge on any atom is 0.307 e. The molecule has 0 spiro atoms. The van der Waals surface area contributed by atoms with Gasteiger partial charge < -0.3 is 14.6 Å². The summed E-state index contributed by atoms with van der Waals surface area (Å²) >= 11 is 7.39. The van der Waals surface area contributed by atoms with Gasteiger partial charge in [0.1, 0.15) is 0 Å². The maximum atomic E-state index is 12.5. The van der Waals surface area contributed by atoms with Crippen LogP contribution >= 0.6 is 22.9 Å². The SMILES string of the molecule is COC(=O)CC(NC(=O)c1cc(-c2cccs2)on1)c1ccc(Cl)cc1. The number of nitrogens with zero attached hydrogens (tertiary/aromatic N) is 1. The van der Waals surface area contributed by atoms with E-state index in [9.17, 15) is 9.59 Å². The lowest BCUT2D eigenvalue weighted by atomic mass is 10.0. The van der Waals surface area contributed by atoms with Gasteiger partial charge in [0.05, 0.1) is 24.4 Å². The molecule has 1 amide bonds. The number of esters is 1. The lowest BCUT2D eigenvalue weighted by molar-refractivity contribution is -0.141. The van der Waals surface area contributed by atoms with Crippen LogP contribution in [-0.2, 0) is 9.53 Å². The van der Waals surface area contributed by atoms with Gasteiger partial charge in [0.2, 0.25) is 0 Å². The third-order valence-electron chi connectivity index (χ3n) is 3.68. The third kappa shape index (κ3) is 4.30. The van der Waals surface area contributed by atoms with Gasteiger partial charge in [-0.05, 0) is 29.1 Å². The quantitative estimate of drug-likeness (QED) is 0.641. The van der Waals surface area contributed by atoms with Crippen LogP contribution in [-0.4, -0.2) is 24.1 Å². The van der Waals surface area contributed by atoms with E-state index in [1.54, 1.807) is 30.3 Å². The van der Waals surface area contributed by atoms with Gasteiger partial charge >= 0.3 is 5.97 Å². The highest BCUT2D eigenvalue weighted by molar-refractivity contribution is 7.13. The Bertz CT molecular complexity index is 890. The van der Waals surface area contributed by atoms with Crippen LogP contribution in [0.3, 0.4) is 0 Å². The van der Waals surface area contributed by atoms with Crippen LogP contribution in [0.5, 0.6) is 0 Å². The molecule has 8 heteroatoms. The lowest BCUT2D eigenvalue weighted by Gasteiger charge is -2.17. The summed E-state index contributed by atoms with van der Waals surface area (Å²) in [6.07, 6.45) is -0.0144. The first kappa shape index (κ1) is 18.2. The number of nitrogens with one attached hydrogen (secondary N) is 1. The van der Waals surface area contributed by atoms with Gasteiger partial charge in [-0.15, -0.1) is 11.3 Å². The van der Waals surface area contributed by atoms with Crippen molar-refractivity contribution in [3.8, 4) is 10.6 Å². The van der Waals surface area contributed by atoms with Crippen LogP contribution in [0.2, 0.25) is 5.02 Å². The van der Waals surface area contributed by atoms with Crippen molar-refractivity contribution in [2.75, 3.05) is 7.11 Å². The molecule has 0 aliphatic rings. The van der Waals surface area contributed by atoms with Gasteiger partial charge in [-0.25, -0.2) is 0 Å². The van der Waals surface area contributed by atoms with Gasteiger partial charge in [-0.1, -0.05) is 35.0 Å². The van der Waals surface area contributed by atoms with Crippen molar-refractivity contribution in [3.63, 3.8) is 0 Å². The molecule has 3 aromatic rings. The Balaban J connectivity index is 1.78. The molecule has 2 heterocycles. The highest BCUT2D eigenvalue weighted by Crippen LogP contribution is 2.26. The van der Waals surface area contributed by atoms with Crippen molar-refractivity contribution in [2.45, 2.75) is 12.5 Å². The van der Waals surface area contributed by atoms with Gasteiger partial charge in [0.25, 0.3) is 5.91 Å². The Morgan fingerprint density at radius 1 is 1.31 bits per heavy atom. The van der Waals surface area contributed by atoms with E-state index >= 15 is 0 Å². The van der Waals surface area contributed by atoms with Gasteiger partial charge in [-0.2, -0.15) is 0 Å². The molecule has 2 aromatic heterocycles. The Morgan fingerprint density at radius 3 is 2.73 bits per heavy atom. The number of hydrogen-bond donors (Lipinski definition) is 1. The molecule has 0 aliphatic heterocycles. The van der Waals surface area contributed by atoms with Crippen molar-refractivity contribution in [2.24, 2.45) is 0 Å². The zero-order chi connectivity index (χ0) is 18.5. The van der Waals surface area contributed by atoms with E-state index in [-0.39, 0.29) is 12.1 Å². The summed E-state index contributed by atoms with van der Waals surface area (Å²) in [6.45, 7) is 0. The molecule has 1 unspecified atom stereocenters. The fourth-order valence-corrected chi connectivity index (χ4v) is 3.15. The first-order valence-electron chi connectivity index (χ1n) is 7.70. The minimum Gasteiger partial charge on any atom is -0.469 e. The molecule has 1 atom stereocenters. The van der Waals surface area contributed by atoms with E-state index in [1.165, 1.54) is 18.4 Å². The monoisotopic (exact) mass is 390 g/mol. The number of aromatic nitrogens is 1. The van der Waals surface area contributed by atoms with E-state index in [1.807, 2.05) is 17.5 Å². The average molecular weight is 391 g/mol. The molecule has 0 fully saturated rings. The number of benzene rings is 1. The molecule has 3 rings (SSSR count). The van der Waals surface area contributed by atoms with E-state index < -0.39 is 17.9 Å². The number of amides is 1. The van der Waals surface area contributed by atoms with Crippen LogP contribution in [0.1, 0.15) is 28.5 Å². The zero-order valence-corrected chi connectivity index (χ0v) is 15.3. The summed E-state index contributed by atoms with van der Waals surface area (Å²) in [6, 6.07) is 11.6. The molecule has 0 radical (unpaired) electrons. The molecule has 0 saturated heterocycles. The summed E-state index contributed by atoms with van der Waals surface area (Å²) in [5.41, 5.74) is 0.868. The predicted molar refractivity (Wildman–Crippen MR) is 98.1 cm³/mol. The lowest BCUT2D eigenvalue weighted by Crippen LogP contribution is -2.30. The van der Waals surface area contributed by atoms with Gasteiger partial charge in [-0.3, -0.25) is 9.59 Å². The molecule has 0 aliphatic carbocycles. The second-order valence-electron chi connectivity index (χ2n) is 5.41. The molecule has 26 heavy (non-hydrogen) atoms. The number of thiophene rings is 1. The number of rotatable bonds is 6. The summed E-state index contributed by atoms with van der Waals surface area (Å²) in [5.74, 6) is -0.369. The smallest absolute Gasteiger partial charge is 0.307 e. The minimum atomic E-state index is -0.575. The van der Waals surface area contributed by atoms with Crippen LogP contribution in [0.15, 0.2) is 52.4 Å². The summed E-state index contributed by atoms with van der Waals surface area (Å²) in [4.78, 5) is 25.1. The molecular formula is C18H15ClN2O4S. The first-order valence-corrected chi connectivity index (χ1v) is 8.96. The number of methoxy groups -OCH3 is 1. The Hall–Kier alpha value is -2.64. The normalized spacial score (nSPS) is 11.8. The van der Waals surface area contributed by atoms with E-state index in [4.69, 9.17) is 20.9 Å². The summed E-state index contributed by atoms with van der Waals surface area (Å²) in [5, 5.41) is 9.08. The number of hydrogen-bond acceptors (Lipinski definition) is 6. The van der Waals surface area contributed by atoms with Crippen LogP contribution < -0.4 is 5.32 Å². The summed E-state index contributed by atoms with van der Waals surface area (Å²) < 4.78 is 9.94. The maximum absolute atomic E-state index is 12.5. The van der Waals surface area contributed by atoms with E-state index in [0.717, 1.165) is 10.4 Å². The topological polar surface area (TPSA) is 81.4 Å². The predicted octanol–water partition coefficient (Wildman–Crippen LogP) is 4.09. The number of halogens is 1. The molecule has 1 aromatic carbocycles. The van der Waals surface area contributed by atoms with Gasteiger partial charge in [0, 0.05) is 11.1 Å². The van der Waals surface area contributed by atoms with Crippen molar-refractivity contribution in [1.82, 2.24) is 10.5 Å².